The summed E-state index contributed by atoms with van der Waals surface area (Å²) in [5.74, 6) is 2.96. The van der Waals surface area contributed by atoms with Crippen molar-refractivity contribution in [2.45, 2.75) is 42.9 Å². The fraction of sp³-hybridized carbons (Fsp3) is 0.186. The first-order chi connectivity index (χ1) is 29.7. The molecule has 0 radical (unpaired) electrons. The number of rotatable bonds is 7. The standard InChI is InChI=1S/C59H49N/c1-5-15-43(16-6-1)45-25-29-51(30-26-45)60(52-31-27-46(28-32-52)44-17-7-2-8-18-44)53-33-34-56-57(40-53)59(49-36-41-35-42(38-49)39-50(59)37-41)55-24-14-13-23-54(55)58(56,47-19-9-3-10-20-47)48-21-11-4-12-22-48/h1-34,40-42,49-50H,35-39H2. The van der Waals surface area contributed by atoms with Crippen LogP contribution in [0.1, 0.15) is 65.5 Å². The third-order valence-corrected chi connectivity index (χ3v) is 15.2. The second kappa shape index (κ2) is 14.1. The minimum atomic E-state index is -0.466. The summed E-state index contributed by atoms with van der Waals surface area (Å²) in [4.78, 5) is 2.51. The Morgan fingerprint density at radius 3 is 1.18 bits per heavy atom. The van der Waals surface area contributed by atoms with Crippen LogP contribution in [0.3, 0.4) is 0 Å². The van der Waals surface area contributed by atoms with Crippen LogP contribution in [0, 0.1) is 23.7 Å². The van der Waals surface area contributed by atoms with Gasteiger partial charge in [-0.25, -0.2) is 0 Å². The highest BCUT2D eigenvalue weighted by molar-refractivity contribution is 5.82. The quantitative estimate of drug-likeness (QED) is 0.156. The number of anilines is 3. The molecule has 13 rings (SSSR count). The Hall–Kier alpha value is -6.44. The van der Waals surface area contributed by atoms with E-state index in [9.17, 15) is 0 Å². The molecule has 5 aliphatic carbocycles. The zero-order valence-corrected chi connectivity index (χ0v) is 34.0. The lowest BCUT2D eigenvalue weighted by molar-refractivity contribution is -0.0440. The summed E-state index contributed by atoms with van der Waals surface area (Å²) in [5.41, 5.74) is 16.7. The van der Waals surface area contributed by atoms with Crippen LogP contribution in [0.4, 0.5) is 17.1 Å². The van der Waals surface area contributed by atoms with Crippen LogP contribution in [0.15, 0.2) is 212 Å². The molecule has 0 unspecified atom stereocenters. The molecule has 0 saturated heterocycles. The number of nitrogens with zero attached hydrogens (tertiary/aromatic N) is 1. The van der Waals surface area contributed by atoms with Gasteiger partial charge in [-0.05, 0) is 148 Å². The van der Waals surface area contributed by atoms with Crippen LogP contribution in [0.5, 0.6) is 0 Å². The molecule has 0 aromatic heterocycles. The van der Waals surface area contributed by atoms with Gasteiger partial charge in [-0.1, -0.05) is 176 Å². The third kappa shape index (κ3) is 5.31. The zero-order valence-electron chi connectivity index (χ0n) is 34.0. The molecule has 1 nitrogen and oxygen atoms in total. The van der Waals surface area contributed by atoms with Crippen molar-refractivity contribution in [2.75, 3.05) is 4.90 Å². The number of hydrogen-bond acceptors (Lipinski definition) is 1. The third-order valence-electron chi connectivity index (χ3n) is 15.2. The monoisotopic (exact) mass is 771 g/mol. The Balaban J connectivity index is 1.12. The fourth-order valence-corrected chi connectivity index (χ4v) is 13.1. The van der Waals surface area contributed by atoms with Crippen LogP contribution in [-0.2, 0) is 10.8 Å². The maximum absolute atomic E-state index is 2.67. The van der Waals surface area contributed by atoms with Crippen molar-refractivity contribution in [1.29, 1.82) is 0 Å². The summed E-state index contributed by atoms with van der Waals surface area (Å²) in [6, 6.07) is 80.1. The lowest BCUT2D eigenvalue weighted by Crippen LogP contribution is -2.59. The largest absolute Gasteiger partial charge is 0.310 e. The van der Waals surface area contributed by atoms with Gasteiger partial charge in [0.05, 0.1) is 5.41 Å². The van der Waals surface area contributed by atoms with Crippen molar-refractivity contribution in [2.24, 2.45) is 23.7 Å². The predicted octanol–water partition coefficient (Wildman–Crippen LogP) is 14.9. The van der Waals surface area contributed by atoms with Crippen molar-refractivity contribution < 1.29 is 0 Å². The highest BCUT2D eigenvalue weighted by atomic mass is 15.1. The van der Waals surface area contributed by atoms with Crippen molar-refractivity contribution in [3.8, 4) is 22.3 Å². The van der Waals surface area contributed by atoms with E-state index < -0.39 is 5.41 Å². The molecule has 1 heteroatoms. The van der Waals surface area contributed by atoms with Gasteiger partial charge in [0.15, 0.2) is 0 Å². The van der Waals surface area contributed by atoms with Gasteiger partial charge in [-0.2, -0.15) is 0 Å². The molecule has 60 heavy (non-hydrogen) atoms. The normalized spacial score (nSPS) is 22.9. The van der Waals surface area contributed by atoms with Crippen LogP contribution in [0.2, 0.25) is 0 Å². The molecule has 0 aliphatic heterocycles. The van der Waals surface area contributed by atoms with E-state index in [1.165, 1.54) is 82.3 Å². The molecule has 0 amide bonds. The molecule has 0 heterocycles. The van der Waals surface area contributed by atoms with E-state index in [-0.39, 0.29) is 5.41 Å². The topological polar surface area (TPSA) is 3.24 Å². The average Bonchev–Trinajstić information content (AvgIpc) is 3.32. The maximum atomic E-state index is 2.67. The Morgan fingerprint density at radius 1 is 0.317 bits per heavy atom. The van der Waals surface area contributed by atoms with E-state index in [0.29, 0.717) is 11.8 Å². The van der Waals surface area contributed by atoms with Crippen LogP contribution in [-0.4, -0.2) is 0 Å². The summed E-state index contributed by atoms with van der Waals surface area (Å²) in [6.45, 7) is 0. The molecule has 8 aromatic carbocycles. The molecule has 4 fully saturated rings. The van der Waals surface area contributed by atoms with Crippen LogP contribution in [0.25, 0.3) is 22.3 Å². The summed E-state index contributed by atoms with van der Waals surface area (Å²) < 4.78 is 0. The Labute approximate surface area is 355 Å². The molecule has 0 atom stereocenters. The molecule has 5 aliphatic rings. The van der Waals surface area contributed by atoms with E-state index in [4.69, 9.17) is 0 Å². The Bertz CT molecular complexity index is 2640. The van der Waals surface area contributed by atoms with Gasteiger partial charge < -0.3 is 4.90 Å². The number of benzene rings is 8. The van der Waals surface area contributed by atoms with Crippen molar-refractivity contribution in [1.82, 2.24) is 0 Å². The SMILES string of the molecule is c1ccc(-c2ccc(N(c3ccc(-c4ccccc4)cc3)c3ccc4c(c3)C3(c5ccccc5C4(c4ccccc4)c4ccccc4)C4CC5CC(C4)CC3C5)cc2)cc1. The first-order valence-corrected chi connectivity index (χ1v) is 22.2. The van der Waals surface area contributed by atoms with Gasteiger partial charge in [0.1, 0.15) is 0 Å². The van der Waals surface area contributed by atoms with Crippen molar-refractivity contribution in [3.63, 3.8) is 0 Å². The molecule has 290 valence electrons. The van der Waals surface area contributed by atoms with Crippen molar-refractivity contribution in [3.05, 3.63) is 246 Å². The first kappa shape index (κ1) is 35.5. The Kier molecular flexibility index (Phi) is 8.34. The van der Waals surface area contributed by atoms with Gasteiger partial charge in [0.2, 0.25) is 0 Å². The Morgan fingerprint density at radius 2 is 0.700 bits per heavy atom. The minimum absolute atomic E-state index is 0.0532. The molecule has 0 N–H and O–H groups in total. The number of hydrogen-bond donors (Lipinski definition) is 0. The molecule has 8 aromatic rings. The van der Waals surface area contributed by atoms with Gasteiger partial charge in [-0.15, -0.1) is 0 Å². The minimum Gasteiger partial charge on any atom is -0.310 e. The first-order valence-electron chi connectivity index (χ1n) is 22.2. The lowest BCUT2D eigenvalue weighted by Gasteiger charge is -2.65. The van der Waals surface area contributed by atoms with Crippen LogP contribution < -0.4 is 4.90 Å². The van der Waals surface area contributed by atoms with Gasteiger partial charge >= 0.3 is 0 Å². The maximum Gasteiger partial charge on any atom is 0.0707 e. The summed E-state index contributed by atoms with van der Waals surface area (Å²) in [5, 5.41) is 0. The van der Waals surface area contributed by atoms with E-state index in [0.717, 1.165) is 23.2 Å². The van der Waals surface area contributed by atoms with Crippen LogP contribution >= 0.6 is 0 Å². The van der Waals surface area contributed by atoms with E-state index in [1.807, 2.05) is 0 Å². The predicted molar refractivity (Wildman–Crippen MR) is 248 cm³/mol. The number of fused-ring (bicyclic) bond motifs is 2. The molecular weight excluding hydrogens is 723 g/mol. The summed E-state index contributed by atoms with van der Waals surface area (Å²) in [6.07, 6.45) is 6.77. The smallest absolute Gasteiger partial charge is 0.0707 e. The second-order valence-electron chi connectivity index (χ2n) is 18.1. The highest BCUT2D eigenvalue weighted by Crippen LogP contribution is 2.70. The summed E-state index contributed by atoms with van der Waals surface area (Å²) >= 11 is 0. The molecule has 1 spiro atoms. The lowest BCUT2D eigenvalue weighted by atomic mass is 9.38. The van der Waals surface area contributed by atoms with E-state index >= 15 is 0 Å². The van der Waals surface area contributed by atoms with Gasteiger partial charge in [0, 0.05) is 22.5 Å². The van der Waals surface area contributed by atoms with E-state index in [2.05, 4.69) is 217 Å². The van der Waals surface area contributed by atoms with E-state index in [1.54, 1.807) is 11.1 Å². The zero-order chi connectivity index (χ0) is 39.7. The van der Waals surface area contributed by atoms with Gasteiger partial charge in [-0.3, -0.25) is 0 Å². The fourth-order valence-electron chi connectivity index (χ4n) is 13.1. The molecular formula is C59H49N. The molecule has 4 saturated carbocycles. The van der Waals surface area contributed by atoms with Crippen molar-refractivity contribution >= 4 is 17.1 Å². The van der Waals surface area contributed by atoms with Gasteiger partial charge in [0.25, 0.3) is 0 Å². The molecule has 4 bridgehead atoms. The summed E-state index contributed by atoms with van der Waals surface area (Å²) in [7, 11) is 0. The second-order valence-corrected chi connectivity index (χ2v) is 18.1. The highest BCUT2D eigenvalue weighted by Gasteiger charge is 2.63. The average molecular weight is 772 g/mol.